The quantitative estimate of drug-likeness (QED) is 0.424. The van der Waals surface area contributed by atoms with Gasteiger partial charge < -0.3 is 15.4 Å². The summed E-state index contributed by atoms with van der Waals surface area (Å²) in [7, 11) is -1.31. The Morgan fingerprint density at radius 1 is 1.03 bits per heavy atom. The molecule has 1 aliphatic rings. The number of anilines is 4. The van der Waals surface area contributed by atoms with Crippen LogP contribution in [0.15, 0.2) is 59.6 Å². The van der Waals surface area contributed by atoms with Crippen molar-refractivity contribution < 1.29 is 8.95 Å². The first kappa shape index (κ1) is 25.2. The predicted molar refractivity (Wildman–Crippen MR) is 142 cm³/mol. The number of aromatic nitrogens is 2. The third-order valence-electron chi connectivity index (χ3n) is 5.40. The fraction of sp³-hybridized carbons (Fsp3) is 0.385. The Morgan fingerprint density at radius 2 is 1.77 bits per heavy atom. The minimum atomic E-state index is -1.31. The van der Waals surface area contributed by atoms with Crippen molar-refractivity contribution >= 4 is 34.1 Å². The second kappa shape index (κ2) is 11.3. The van der Waals surface area contributed by atoms with Crippen molar-refractivity contribution in [2.45, 2.75) is 44.7 Å². The molecule has 35 heavy (non-hydrogen) atoms. The summed E-state index contributed by atoms with van der Waals surface area (Å²) in [6, 6.07) is 15.9. The van der Waals surface area contributed by atoms with Gasteiger partial charge in [0.2, 0.25) is 5.95 Å². The lowest BCUT2D eigenvalue weighted by molar-refractivity contribution is 0.0342. The van der Waals surface area contributed by atoms with E-state index in [9.17, 15) is 4.21 Å². The van der Waals surface area contributed by atoms with Crippen LogP contribution in [0.1, 0.15) is 31.9 Å². The second-order valence-electron chi connectivity index (χ2n) is 9.71. The van der Waals surface area contributed by atoms with Crippen molar-refractivity contribution in [2.75, 3.05) is 36.9 Å². The Kier molecular flexibility index (Phi) is 8.12. The van der Waals surface area contributed by atoms with Gasteiger partial charge in [0.05, 0.1) is 18.1 Å². The molecule has 3 aromatic rings. The molecule has 1 saturated heterocycles. The fourth-order valence-electron chi connectivity index (χ4n) is 3.63. The van der Waals surface area contributed by atoms with E-state index in [4.69, 9.17) is 4.74 Å². The highest BCUT2D eigenvalue weighted by Gasteiger charge is 2.15. The third-order valence-corrected chi connectivity index (χ3v) is 6.88. The molecule has 0 radical (unpaired) electrons. The van der Waals surface area contributed by atoms with Crippen LogP contribution in [0.3, 0.4) is 0 Å². The van der Waals surface area contributed by atoms with E-state index < -0.39 is 11.0 Å². The normalized spacial score (nSPS) is 15.5. The Morgan fingerprint density at radius 3 is 2.49 bits per heavy atom. The number of nitrogens with one attached hydrogen (secondary N) is 3. The maximum absolute atomic E-state index is 12.7. The SMILES string of the molecule is Cc1cnc(Nc2ccc(CN3CCOCC3)cc2)nc1Nc1cccc(S(=O)NC(C)(C)C)c1. The standard InChI is InChI=1S/C26H34N6O2S/c1-19-17-27-25(29-21-10-8-20(9-11-21)18-32-12-14-34-15-13-32)30-24(19)28-22-6-5-7-23(16-22)35(33)31-26(2,3)4/h5-11,16-17,31H,12-15,18H2,1-4H3,(H2,27,28,29,30). The zero-order chi connectivity index (χ0) is 24.8. The van der Waals surface area contributed by atoms with Crippen LogP contribution < -0.4 is 15.4 Å². The molecule has 9 heteroatoms. The fourth-order valence-corrected chi connectivity index (χ4v) is 4.74. The molecule has 186 valence electrons. The van der Waals surface area contributed by atoms with Gasteiger partial charge in [-0.3, -0.25) is 4.90 Å². The Bertz CT molecular complexity index is 1160. The second-order valence-corrected chi connectivity index (χ2v) is 10.9. The minimum Gasteiger partial charge on any atom is -0.379 e. The van der Waals surface area contributed by atoms with Gasteiger partial charge in [-0.2, -0.15) is 4.98 Å². The summed E-state index contributed by atoms with van der Waals surface area (Å²) in [5.74, 6) is 1.20. The molecule has 0 saturated carbocycles. The smallest absolute Gasteiger partial charge is 0.229 e. The summed E-state index contributed by atoms with van der Waals surface area (Å²) in [6.07, 6.45) is 1.79. The summed E-state index contributed by atoms with van der Waals surface area (Å²) >= 11 is 0. The highest BCUT2D eigenvalue weighted by molar-refractivity contribution is 7.83. The van der Waals surface area contributed by atoms with Gasteiger partial charge in [0, 0.05) is 48.3 Å². The van der Waals surface area contributed by atoms with Crippen molar-refractivity contribution in [1.82, 2.24) is 19.6 Å². The van der Waals surface area contributed by atoms with E-state index >= 15 is 0 Å². The van der Waals surface area contributed by atoms with Crippen molar-refractivity contribution in [3.05, 3.63) is 65.9 Å². The highest BCUT2D eigenvalue weighted by atomic mass is 32.2. The molecule has 2 aromatic carbocycles. The molecular formula is C26H34N6O2S. The van der Waals surface area contributed by atoms with Crippen LogP contribution in [0.5, 0.6) is 0 Å². The number of nitrogens with zero attached hydrogens (tertiary/aromatic N) is 3. The van der Waals surface area contributed by atoms with Crippen LogP contribution in [0, 0.1) is 6.92 Å². The number of benzene rings is 2. The molecule has 0 amide bonds. The molecule has 0 bridgehead atoms. The largest absolute Gasteiger partial charge is 0.379 e. The monoisotopic (exact) mass is 494 g/mol. The summed E-state index contributed by atoms with van der Waals surface area (Å²) in [6.45, 7) is 12.4. The number of rotatable bonds is 8. The third kappa shape index (κ3) is 7.57. The minimum absolute atomic E-state index is 0.251. The molecule has 2 heterocycles. The number of morpholine rings is 1. The summed E-state index contributed by atoms with van der Waals surface area (Å²) < 4.78 is 21.2. The summed E-state index contributed by atoms with van der Waals surface area (Å²) in [5.41, 5.74) is 3.67. The van der Waals surface area contributed by atoms with Crippen LogP contribution in [-0.4, -0.2) is 50.9 Å². The molecule has 3 N–H and O–H groups in total. The predicted octanol–water partition coefficient (Wildman–Crippen LogP) is 4.52. The Hall–Kier alpha value is -2.85. The lowest BCUT2D eigenvalue weighted by atomic mass is 10.1. The summed E-state index contributed by atoms with van der Waals surface area (Å²) in [5, 5.41) is 6.63. The van der Waals surface area contributed by atoms with E-state index in [1.165, 1.54) is 5.56 Å². The van der Waals surface area contributed by atoms with Crippen molar-refractivity contribution in [3.8, 4) is 0 Å². The van der Waals surface area contributed by atoms with E-state index in [-0.39, 0.29) is 5.54 Å². The van der Waals surface area contributed by atoms with E-state index in [2.05, 4.69) is 42.4 Å². The van der Waals surface area contributed by atoms with Crippen molar-refractivity contribution in [1.29, 1.82) is 0 Å². The molecule has 1 unspecified atom stereocenters. The van der Waals surface area contributed by atoms with Crippen molar-refractivity contribution in [3.63, 3.8) is 0 Å². The van der Waals surface area contributed by atoms with Gasteiger partial charge in [0.15, 0.2) is 0 Å². The molecular weight excluding hydrogens is 460 g/mol. The van der Waals surface area contributed by atoms with E-state index in [1.807, 2.05) is 64.1 Å². The molecule has 0 spiro atoms. The van der Waals surface area contributed by atoms with Crippen LogP contribution in [0.4, 0.5) is 23.1 Å². The number of aryl methyl sites for hydroxylation is 1. The Labute approximate surface area is 210 Å². The molecule has 1 atom stereocenters. The molecule has 4 rings (SSSR count). The average molecular weight is 495 g/mol. The topological polar surface area (TPSA) is 91.4 Å². The lowest BCUT2D eigenvalue weighted by Crippen LogP contribution is -2.37. The number of hydrogen-bond acceptors (Lipinski definition) is 7. The average Bonchev–Trinajstić information content (AvgIpc) is 2.82. The van der Waals surface area contributed by atoms with Crippen molar-refractivity contribution in [2.24, 2.45) is 0 Å². The lowest BCUT2D eigenvalue weighted by Gasteiger charge is -2.26. The highest BCUT2D eigenvalue weighted by Crippen LogP contribution is 2.23. The van der Waals surface area contributed by atoms with Gasteiger partial charge in [-0.15, -0.1) is 0 Å². The maximum Gasteiger partial charge on any atom is 0.229 e. The molecule has 1 fully saturated rings. The first-order chi connectivity index (χ1) is 16.7. The first-order valence-corrected chi connectivity index (χ1v) is 13.0. The van der Waals surface area contributed by atoms with E-state index in [0.29, 0.717) is 16.7 Å². The van der Waals surface area contributed by atoms with Gasteiger partial charge in [0.25, 0.3) is 0 Å². The molecule has 0 aliphatic carbocycles. The van der Waals surface area contributed by atoms with Gasteiger partial charge >= 0.3 is 0 Å². The van der Waals surface area contributed by atoms with E-state index in [0.717, 1.165) is 49.8 Å². The van der Waals surface area contributed by atoms with Gasteiger partial charge in [-0.05, 0) is 63.6 Å². The summed E-state index contributed by atoms with van der Waals surface area (Å²) in [4.78, 5) is 12.2. The first-order valence-electron chi connectivity index (χ1n) is 11.8. The molecule has 8 nitrogen and oxygen atoms in total. The zero-order valence-electron chi connectivity index (χ0n) is 20.8. The van der Waals surface area contributed by atoms with Crippen LogP contribution in [0.2, 0.25) is 0 Å². The van der Waals surface area contributed by atoms with Crippen LogP contribution >= 0.6 is 0 Å². The number of ether oxygens (including phenoxy) is 1. The zero-order valence-corrected chi connectivity index (χ0v) is 21.6. The number of hydrogen-bond donors (Lipinski definition) is 3. The van der Waals surface area contributed by atoms with Gasteiger partial charge in [-0.25, -0.2) is 13.9 Å². The maximum atomic E-state index is 12.7. The molecule has 1 aromatic heterocycles. The van der Waals surface area contributed by atoms with Crippen LogP contribution in [0.25, 0.3) is 0 Å². The Balaban J connectivity index is 1.42. The van der Waals surface area contributed by atoms with E-state index in [1.54, 1.807) is 6.20 Å². The molecule has 1 aliphatic heterocycles. The van der Waals surface area contributed by atoms with Gasteiger partial charge in [-0.1, -0.05) is 18.2 Å². The van der Waals surface area contributed by atoms with Gasteiger partial charge in [0.1, 0.15) is 16.8 Å². The van der Waals surface area contributed by atoms with Crippen LogP contribution in [-0.2, 0) is 22.3 Å².